The molecular weight excluding hydrogens is 318 g/mol. The summed E-state index contributed by atoms with van der Waals surface area (Å²) in [5.74, 6) is 0.788. The number of nitrogens with zero attached hydrogens (tertiary/aromatic N) is 1. The van der Waals surface area contributed by atoms with Gasteiger partial charge in [0.05, 0.1) is 11.7 Å². The van der Waals surface area contributed by atoms with E-state index in [-0.39, 0.29) is 24.4 Å². The Morgan fingerprint density at radius 3 is 2.77 bits per heavy atom. The standard InChI is InChI=1S/C16H25N3OS.ClH/c1-16(2,3)10-6-7-11-13(9-10)21-15(18-11)19-14(20)12-5-4-8-17-12;/h10,12,17H,4-9H2,1-3H3,(H,18,19,20);1H. The summed E-state index contributed by atoms with van der Waals surface area (Å²) < 4.78 is 0. The van der Waals surface area contributed by atoms with Gasteiger partial charge in [0.15, 0.2) is 5.13 Å². The Morgan fingerprint density at radius 2 is 2.14 bits per heavy atom. The first-order valence-electron chi connectivity index (χ1n) is 7.96. The zero-order valence-corrected chi connectivity index (χ0v) is 15.2. The van der Waals surface area contributed by atoms with Crippen LogP contribution in [0.3, 0.4) is 0 Å². The fraction of sp³-hybridized carbons (Fsp3) is 0.750. The predicted molar refractivity (Wildman–Crippen MR) is 94.0 cm³/mol. The summed E-state index contributed by atoms with van der Waals surface area (Å²) in [4.78, 5) is 18.2. The van der Waals surface area contributed by atoms with Crippen molar-refractivity contribution in [1.29, 1.82) is 0 Å². The van der Waals surface area contributed by atoms with E-state index in [0.29, 0.717) is 11.3 Å². The number of aromatic nitrogens is 1. The molecule has 1 aromatic rings. The molecule has 0 aromatic carbocycles. The average molecular weight is 344 g/mol. The predicted octanol–water partition coefficient (Wildman–Crippen LogP) is 3.41. The van der Waals surface area contributed by atoms with Gasteiger partial charge in [0.25, 0.3) is 0 Å². The maximum absolute atomic E-state index is 12.1. The molecule has 0 saturated carbocycles. The van der Waals surface area contributed by atoms with Crippen LogP contribution in [0, 0.1) is 11.3 Å². The van der Waals surface area contributed by atoms with Gasteiger partial charge in [-0.25, -0.2) is 4.98 Å². The molecule has 6 heteroatoms. The van der Waals surface area contributed by atoms with E-state index >= 15 is 0 Å². The summed E-state index contributed by atoms with van der Waals surface area (Å²) in [5.41, 5.74) is 1.55. The highest BCUT2D eigenvalue weighted by Gasteiger charge is 2.31. The zero-order chi connectivity index (χ0) is 15.0. The first-order valence-corrected chi connectivity index (χ1v) is 8.78. The lowest BCUT2D eigenvalue weighted by Gasteiger charge is -2.33. The Labute approximate surface area is 142 Å². The number of carbonyl (C=O) groups is 1. The van der Waals surface area contributed by atoms with Crippen molar-refractivity contribution in [3.8, 4) is 0 Å². The molecule has 1 fully saturated rings. The van der Waals surface area contributed by atoms with Crippen molar-refractivity contribution < 1.29 is 4.79 Å². The number of nitrogens with one attached hydrogen (secondary N) is 2. The summed E-state index contributed by atoms with van der Waals surface area (Å²) in [6, 6.07) is -0.0340. The maximum atomic E-state index is 12.1. The third kappa shape index (κ3) is 3.81. The van der Waals surface area contributed by atoms with Gasteiger partial charge in [0.2, 0.25) is 5.91 Å². The molecule has 1 aliphatic heterocycles. The third-order valence-electron chi connectivity index (χ3n) is 4.77. The van der Waals surface area contributed by atoms with E-state index in [9.17, 15) is 4.79 Å². The second-order valence-corrected chi connectivity index (χ2v) is 8.42. The van der Waals surface area contributed by atoms with E-state index in [1.54, 1.807) is 11.3 Å². The Bertz CT molecular complexity index is 532. The lowest BCUT2D eigenvalue weighted by atomic mass is 9.73. The van der Waals surface area contributed by atoms with Crippen LogP contribution in [-0.4, -0.2) is 23.5 Å². The normalized spacial score (nSPS) is 24.5. The van der Waals surface area contributed by atoms with Gasteiger partial charge in [0, 0.05) is 4.88 Å². The Morgan fingerprint density at radius 1 is 1.36 bits per heavy atom. The molecule has 3 rings (SSSR count). The second-order valence-electron chi connectivity index (χ2n) is 7.33. The summed E-state index contributed by atoms with van der Waals surface area (Å²) in [6.07, 6.45) is 5.37. The van der Waals surface area contributed by atoms with Crippen molar-refractivity contribution in [2.24, 2.45) is 11.3 Å². The molecule has 2 unspecified atom stereocenters. The summed E-state index contributed by atoms with van der Waals surface area (Å²) in [7, 11) is 0. The molecule has 1 aromatic heterocycles. The highest BCUT2D eigenvalue weighted by atomic mass is 35.5. The van der Waals surface area contributed by atoms with Crippen LogP contribution < -0.4 is 10.6 Å². The van der Waals surface area contributed by atoms with E-state index in [1.807, 2.05) is 0 Å². The van der Waals surface area contributed by atoms with Gasteiger partial charge in [-0.1, -0.05) is 20.8 Å². The van der Waals surface area contributed by atoms with Crippen molar-refractivity contribution in [3.63, 3.8) is 0 Å². The Balaban J connectivity index is 0.00000176. The Kier molecular flexibility index (Phi) is 5.51. The SMILES string of the molecule is CC(C)(C)C1CCc2nc(NC(=O)C3CCCN3)sc2C1.Cl. The quantitative estimate of drug-likeness (QED) is 0.865. The highest BCUT2D eigenvalue weighted by molar-refractivity contribution is 7.15. The minimum absolute atomic E-state index is 0. The monoisotopic (exact) mass is 343 g/mol. The number of amides is 1. The van der Waals surface area contributed by atoms with Gasteiger partial charge in [-0.2, -0.15) is 0 Å². The van der Waals surface area contributed by atoms with E-state index in [0.717, 1.165) is 37.4 Å². The van der Waals surface area contributed by atoms with Gasteiger partial charge in [0.1, 0.15) is 0 Å². The number of anilines is 1. The van der Waals surface area contributed by atoms with Crippen molar-refractivity contribution >= 4 is 34.8 Å². The van der Waals surface area contributed by atoms with E-state index in [4.69, 9.17) is 0 Å². The number of hydrogen-bond acceptors (Lipinski definition) is 4. The largest absolute Gasteiger partial charge is 0.306 e. The lowest BCUT2D eigenvalue weighted by Crippen LogP contribution is -2.35. The molecule has 0 bridgehead atoms. The van der Waals surface area contributed by atoms with Crippen LogP contribution in [0.1, 0.15) is 50.6 Å². The van der Waals surface area contributed by atoms with Crippen LogP contribution in [0.2, 0.25) is 0 Å². The lowest BCUT2D eigenvalue weighted by molar-refractivity contribution is -0.117. The number of hydrogen-bond donors (Lipinski definition) is 2. The van der Waals surface area contributed by atoms with E-state index < -0.39 is 0 Å². The minimum Gasteiger partial charge on any atom is -0.306 e. The molecule has 22 heavy (non-hydrogen) atoms. The number of rotatable bonds is 2. The number of carbonyl (C=O) groups excluding carboxylic acids is 1. The molecule has 124 valence electrons. The smallest absolute Gasteiger partial charge is 0.243 e. The fourth-order valence-corrected chi connectivity index (χ4v) is 4.36. The second kappa shape index (κ2) is 6.85. The van der Waals surface area contributed by atoms with Gasteiger partial charge in [-0.3, -0.25) is 4.79 Å². The maximum Gasteiger partial charge on any atom is 0.243 e. The molecule has 2 atom stereocenters. The molecular formula is C16H26ClN3OS. The van der Waals surface area contributed by atoms with Gasteiger partial charge >= 0.3 is 0 Å². The van der Waals surface area contributed by atoms with E-state index in [1.165, 1.54) is 17.0 Å². The topological polar surface area (TPSA) is 54.0 Å². The Hall–Kier alpha value is -0.650. The van der Waals surface area contributed by atoms with Crippen LogP contribution in [-0.2, 0) is 17.6 Å². The molecule has 2 N–H and O–H groups in total. The first kappa shape index (κ1) is 17.7. The van der Waals surface area contributed by atoms with Crippen molar-refractivity contribution in [3.05, 3.63) is 10.6 Å². The summed E-state index contributed by atoms with van der Waals surface area (Å²) >= 11 is 1.67. The number of aryl methyl sites for hydroxylation is 1. The van der Waals surface area contributed by atoms with Crippen molar-refractivity contribution in [2.45, 2.75) is 58.9 Å². The number of fused-ring (bicyclic) bond motifs is 1. The van der Waals surface area contributed by atoms with Gasteiger partial charge in [-0.05, 0) is 50.0 Å². The van der Waals surface area contributed by atoms with Gasteiger partial charge in [-0.15, -0.1) is 23.7 Å². The molecule has 1 aliphatic carbocycles. The molecule has 2 heterocycles. The van der Waals surface area contributed by atoms with Crippen LogP contribution >= 0.6 is 23.7 Å². The van der Waals surface area contributed by atoms with Crippen LogP contribution in [0.5, 0.6) is 0 Å². The molecule has 1 amide bonds. The molecule has 0 radical (unpaired) electrons. The summed E-state index contributed by atoms with van der Waals surface area (Å²) in [6.45, 7) is 7.90. The number of halogens is 1. The number of thiazole rings is 1. The van der Waals surface area contributed by atoms with Gasteiger partial charge < -0.3 is 10.6 Å². The molecule has 1 saturated heterocycles. The van der Waals surface area contributed by atoms with Crippen LogP contribution in [0.25, 0.3) is 0 Å². The minimum atomic E-state index is -0.0340. The average Bonchev–Trinajstić information content (AvgIpc) is 3.05. The van der Waals surface area contributed by atoms with Crippen LogP contribution in [0.15, 0.2) is 0 Å². The van der Waals surface area contributed by atoms with E-state index in [2.05, 4.69) is 36.4 Å². The van der Waals surface area contributed by atoms with Crippen molar-refractivity contribution in [1.82, 2.24) is 10.3 Å². The van der Waals surface area contributed by atoms with Crippen molar-refractivity contribution in [2.75, 3.05) is 11.9 Å². The fourth-order valence-electron chi connectivity index (χ4n) is 3.27. The molecule has 2 aliphatic rings. The molecule has 4 nitrogen and oxygen atoms in total. The highest BCUT2D eigenvalue weighted by Crippen LogP contribution is 2.40. The zero-order valence-electron chi connectivity index (χ0n) is 13.6. The third-order valence-corrected chi connectivity index (χ3v) is 5.81. The van der Waals surface area contributed by atoms with Crippen LogP contribution in [0.4, 0.5) is 5.13 Å². The first-order chi connectivity index (χ1) is 9.93. The molecule has 0 spiro atoms. The summed E-state index contributed by atoms with van der Waals surface area (Å²) in [5, 5.41) is 7.02.